The van der Waals surface area contributed by atoms with Crippen LogP contribution in [0.1, 0.15) is 38.5 Å². The van der Waals surface area contributed by atoms with Gasteiger partial charge in [-0.05, 0) is 12.8 Å². The molecule has 0 aromatic heterocycles. The van der Waals surface area contributed by atoms with Crippen LogP contribution in [0, 0.1) is 11.8 Å². The molecule has 114 valence electrons. The third kappa shape index (κ3) is 3.70. The summed E-state index contributed by atoms with van der Waals surface area (Å²) in [7, 11) is 0. The SMILES string of the molecule is O=C(O)[C@H]1CCCC[C@H]1C(=O)NCC1(O)CCOCC1. The van der Waals surface area contributed by atoms with E-state index < -0.39 is 23.4 Å². The van der Waals surface area contributed by atoms with Gasteiger partial charge in [0.15, 0.2) is 0 Å². The molecule has 2 fully saturated rings. The van der Waals surface area contributed by atoms with Gasteiger partial charge in [0.05, 0.1) is 17.4 Å². The van der Waals surface area contributed by atoms with Crippen LogP contribution in [0.2, 0.25) is 0 Å². The Kier molecular flexibility index (Phi) is 4.99. The number of aliphatic hydroxyl groups is 1. The maximum atomic E-state index is 12.2. The summed E-state index contributed by atoms with van der Waals surface area (Å²) in [6, 6.07) is 0. The average Bonchev–Trinajstić information content (AvgIpc) is 2.45. The molecule has 1 aliphatic carbocycles. The van der Waals surface area contributed by atoms with Gasteiger partial charge in [-0.25, -0.2) is 0 Å². The quantitative estimate of drug-likeness (QED) is 0.700. The molecular formula is C14H23NO5. The Morgan fingerprint density at radius 1 is 1.15 bits per heavy atom. The Bertz CT molecular complexity index is 365. The Labute approximate surface area is 118 Å². The van der Waals surface area contributed by atoms with Crippen molar-refractivity contribution >= 4 is 11.9 Å². The van der Waals surface area contributed by atoms with Crippen molar-refractivity contribution in [3.63, 3.8) is 0 Å². The number of carbonyl (C=O) groups excluding carboxylic acids is 1. The van der Waals surface area contributed by atoms with E-state index in [4.69, 9.17) is 4.74 Å². The molecule has 0 unspecified atom stereocenters. The van der Waals surface area contributed by atoms with E-state index in [0.717, 1.165) is 12.8 Å². The minimum Gasteiger partial charge on any atom is -0.481 e. The smallest absolute Gasteiger partial charge is 0.307 e. The Morgan fingerprint density at radius 3 is 2.35 bits per heavy atom. The standard InChI is InChI=1S/C14H23NO5/c16-12(10-3-1-2-4-11(10)13(17)18)15-9-14(19)5-7-20-8-6-14/h10-11,19H,1-9H2,(H,15,16)(H,17,18)/t10-,11+/m1/s1. The molecule has 1 saturated heterocycles. The number of carboxylic acid groups (broad SMARTS) is 1. The molecular weight excluding hydrogens is 262 g/mol. The number of rotatable bonds is 4. The first-order valence-corrected chi connectivity index (χ1v) is 7.32. The normalized spacial score (nSPS) is 29.6. The first kappa shape index (κ1) is 15.3. The first-order valence-electron chi connectivity index (χ1n) is 7.32. The fraction of sp³-hybridized carbons (Fsp3) is 0.857. The monoisotopic (exact) mass is 285 g/mol. The summed E-state index contributed by atoms with van der Waals surface area (Å²) in [6.07, 6.45) is 3.93. The number of nitrogens with one attached hydrogen (secondary N) is 1. The first-order chi connectivity index (χ1) is 9.52. The van der Waals surface area contributed by atoms with Crippen LogP contribution < -0.4 is 5.32 Å². The van der Waals surface area contributed by atoms with Gasteiger partial charge in [0.1, 0.15) is 0 Å². The predicted molar refractivity (Wildman–Crippen MR) is 71.1 cm³/mol. The molecule has 3 N–H and O–H groups in total. The Morgan fingerprint density at radius 2 is 1.75 bits per heavy atom. The topological polar surface area (TPSA) is 95.9 Å². The van der Waals surface area contributed by atoms with E-state index in [2.05, 4.69) is 5.32 Å². The third-order valence-electron chi connectivity index (χ3n) is 4.44. The molecule has 1 saturated carbocycles. The lowest BCUT2D eigenvalue weighted by Gasteiger charge is -2.33. The molecule has 1 amide bonds. The molecule has 2 atom stereocenters. The van der Waals surface area contributed by atoms with E-state index in [-0.39, 0.29) is 12.5 Å². The Balaban J connectivity index is 1.88. The van der Waals surface area contributed by atoms with E-state index in [0.29, 0.717) is 38.9 Å². The van der Waals surface area contributed by atoms with Gasteiger partial charge in [-0.3, -0.25) is 9.59 Å². The van der Waals surface area contributed by atoms with E-state index in [1.165, 1.54) is 0 Å². The van der Waals surface area contributed by atoms with Crippen molar-refractivity contribution in [1.82, 2.24) is 5.32 Å². The highest BCUT2D eigenvalue weighted by molar-refractivity contribution is 5.84. The highest BCUT2D eigenvalue weighted by atomic mass is 16.5. The number of carbonyl (C=O) groups is 2. The fourth-order valence-electron chi connectivity index (χ4n) is 3.05. The summed E-state index contributed by atoms with van der Waals surface area (Å²) in [6.45, 7) is 1.17. The third-order valence-corrected chi connectivity index (χ3v) is 4.44. The zero-order chi connectivity index (χ0) is 14.6. The summed E-state index contributed by atoms with van der Waals surface area (Å²) in [5.41, 5.74) is -0.915. The largest absolute Gasteiger partial charge is 0.481 e. The van der Waals surface area contributed by atoms with Crippen LogP contribution in [0.5, 0.6) is 0 Å². The van der Waals surface area contributed by atoms with Crippen LogP contribution in [0.4, 0.5) is 0 Å². The lowest BCUT2D eigenvalue weighted by Crippen LogP contribution is -2.49. The average molecular weight is 285 g/mol. The van der Waals surface area contributed by atoms with Gasteiger partial charge >= 0.3 is 5.97 Å². The molecule has 2 aliphatic rings. The van der Waals surface area contributed by atoms with Crippen LogP contribution in [0.15, 0.2) is 0 Å². The number of carboxylic acids is 1. The lowest BCUT2D eigenvalue weighted by atomic mass is 9.78. The second-order valence-electron chi connectivity index (χ2n) is 5.89. The summed E-state index contributed by atoms with van der Waals surface area (Å²) >= 11 is 0. The molecule has 2 rings (SSSR count). The molecule has 0 radical (unpaired) electrons. The van der Waals surface area contributed by atoms with Gasteiger partial charge in [0.2, 0.25) is 5.91 Å². The number of hydrogen-bond donors (Lipinski definition) is 3. The lowest BCUT2D eigenvalue weighted by molar-refractivity contribution is -0.149. The highest BCUT2D eigenvalue weighted by Crippen LogP contribution is 2.30. The highest BCUT2D eigenvalue weighted by Gasteiger charge is 2.37. The second kappa shape index (κ2) is 6.54. The minimum atomic E-state index is -0.915. The second-order valence-corrected chi connectivity index (χ2v) is 5.89. The molecule has 6 nitrogen and oxygen atoms in total. The molecule has 1 aliphatic heterocycles. The van der Waals surface area contributed by atoms with Crippen LogP contribution >= 0.6 is 0 Å². The number of hydrogen-bond acceptors (Lipinski definition) is 4. The summed E-state index contributed by atoms with van der Waals surface area (Å²) in [4.78, 5) is 23.4. The molecule has 20 heavy (non-hydrogen) atoms. The number of ether oxygens (including phenoxy) is 1. The Hall–Kier alpha value is -1.14. The fourth-order valence-corrected chi connectivity index (χ4v) is 3.05. The van der Waals surface area contributed by atoms with Crippen molar-refractivity contribution in [2.75, 3.05) is 19.8 Å². The van der Waals surface area contributed by atoms with Crippen molar-refractivity contribution in [1.29, 1.82) is 0 Å². The molecule has 1 heterocycles. The zero-order valence-electron chi connectivity index (χ0n) is 11.6. The van der Waals surface area contributed by atoms with Crippen molar-refractivity contribution in [3.05, 3.63) is 0 Å². The summed E-state index contributed by atoms with van der Waals surface area (Å²) < 4.78 is 5.19. The van der Waals surface area contributed by atoms with Gasteiger partial charge in [-0.15, -0.1) is 0 Å². The van der Waals surface area contributed by atoms with Crippen molar-refractivity contribution in [2.24, 2.45) is 11.8 Å². The summed E-state index contributed by atoms with van der Waals surface area (Å²) in [5.74, 6) is -2.19. The van der Waals surface area contributed by atoms with Crippen molar-refractivity contribution in [2.45, 2.75) is 44.1 Å². The van der Waals surface area contributed by atoms with Crippen molar-refractivity contribution in [3.8, 4) is 0 Å². The van der Waals surface area contributed by atoms with E-state index >= 15 is 0 Å². The van der Waals surface area contributed by atoms with E-state index in [1.54, 1.807) is 0 Å². The zero-order valence-corrected chi connectivity index (χ0v) is 11.6. The van der Waals surface area contributed by atoms with Crippen LogP contribution in [-0.2, 0) is 14.3 Å². The van der Waals surface area contributed by atoms with Gasteiger partial charge in [-0.2, -0.15) is 0 Å². The molecule has 0 aromatic carbocycles. The van der Waals surface area contributed by atoms with Crippen LogP contribution in [0.3, 0.4) is 0 Å². The molecule has 6 heteroatoms. The maximum Gasteiger partial charge on any atom is 0.307 e. The van der Waals surface area contributed by atoms with Crippen LogP contribution in [-0.4, -0.2) is 47.4 Å². The molecule has 0 bridgehead atoms. The maximum absolute atomic E-state index is 12.2. The van der Waals surface area contributed by atoms with E-state index in [9.17, 15) is 19.8 Å². The number of aliphatic carboxylic acids is 1. The molecule has 0 aromatic rings. The van der Waals surface area contributed by atoms with Crippen LogP contribution in [0.25, 0.3) is 0 Å². The van der Waals surface area contributed by atoms with Gasteiger partial charge < -0.3 is 20.3 Å². The van der Waals surface area contributed by atoms with Crippen molar-refractivity contribution < 1.29 is 24.5 Å². The van der Waals surface area contributed by atoms with Gasteiger partial charge in [0.25, 0.3) is 0 Å². The number of amides is 1. The summed E-state index contributed by atoms with van der Waals surface area (Å²) in [5, 5.41) is 22.2. The predicted octanol–water partition coefficient (Wildman–Crippen LogP) is 0.535. The van der Waals surface area contributed by atoms with Gasteiger partial charge in [0, 0.05) is 32.6 Å². The minimum absolute atomic E-state index is 0.179. The van der Waals surface area contributed by atoms with E-state index in [1.807, 2.05) is 0 Å². The molecule has 0 spiro atoms. The van der Waals surface area contributed by atoms with Gasteiger partial charge in [-0.1, -0.05) is 12.8 Å².